The maximum Gasteiger partial charge on any atom is 0.241 e. The predicted molar refractivity (Wildman–Crippen MR) is 79.2 cm³/mol. The van der Waals surface area contributed by atoms with Crippen molar-refractivity contribution in [3.63, 3.8) is 0 Å². The van der Waals surface area contributed by atoms with Crippen molar-refractivity contribution in [2.75, 3.05) is 7.05 Å². The van der Waals surface area contributed by atoms with Gasteiger partial charge in [-0.15, -0.1) is 0 Å². The van der Waals surface area contributed by atoms with Gasteiger partial charge in [-0.3, -0.25) is 0 Å². The Hall–Kier alpha value is -1.70. The van der Waals surface area contributed by atoms with Crippen molar-refractivity contribution in [2.45, 2.75) is 31.3 Å². The average molecular weight is 309 g/mol. The van der Waals surface area contributed by atoms with E-state index < -0.39 is 16.1 Å². The number of aromatic nitrogens is 1. The molecule has 0 radical (unpaired) electrons. The summed E-state index contributed by atoms with van der Waals surface area (Å²) in [6, 6.07) is 6.35. The van der Waals surface area contributed by atoms with Crippen LogP contribution in [0.1, 0.15) is 30.2 Å². The molecule has 0 aliphatic heterocycles. The standard InChI is InChI=1S/C14H19N3O3S/c1-10-8-16-14(20-10)11(2)17-21(18,19)13-7-5-4-6-12(13)9-15-3/h4-8,11,15,17H,9H2,1-3H3. The molecule has 7 heteroatoms. The fraction of sp³-hybridized carbons (Fsp3) is 0.357. The Labute approximate surface area is 124 Å². The number of hydrogen-bond acceptors (Lipinski definition) is 5. The Bertz CT molecular complexity index is 710. The van der Waals surface area contributed by atoms with Crippen LogP contribution in [0.25, 0.3) is 0 Å². The van der Waals surface area contributed by atoms with Crippen LogP contribution in [0.3, 0.4) is 0 Å². The minimum absolute atomic E-state index is 0.259. The molecule has 2 aromatic rings. The lowest BCUT2D eigenvalue weighted by Gasteiger charge is -2.14. The van der Waals surface area contributed by atoms with Crippen LogP contribution in [0.4, 0.5) is 0 Å². The molecule has 0 saturated carbocycles. The first kappa shape index (κ1) is 15.7. The minimum Gasteiger partial charge on any atom is -0.444 e. The molecular weight excluding hydrogens is 290 g/mol. The van der Waals surface area contributed by atoms with Crippen molar-refractivity contribution in [2.24, 2.45) is 0 Å². The van der Waals surface area contributed by atoms with Gasteiger partial charge < -0.3 is 9.73 Å². The molecule has 2 rings (SSSR count). The molecule has 2 N–H and O–H groups in total. The van der Waals surface area contributed by atoms with Gasteiger partial charge in [-0.25, -0.2) is 13.4 Å². The SMILES string of the molecule is CNCc1ccccc1S(=O)(=O)NC(C)c1ncc(C)o1. The van der Waals surface area contributed by atoms with Gasteiger partial charge in [0.25, 0.3) is 0 Å². The number of oxazole rings is 1. The first-order valence-electron chi connectivity index (χ1n) is 6.61. The first-order valence-corrected chi connectivity index (χ1v) is 8.09. The maximum absolute atomic E-state index is 12.5. The van der Waals surface area contributed by atoms with Gasteiger partial charge in [0.1, 0.15) is 5.76 Å². The Morgan fingerprint density at radius 3 is 2.67 bits per heavy atom. The third-order valence-corrected chi connectivity index (χ3v) is 4.61. The summed E-state index contributed by atoms with van der Waals surface area (Å²) in [5.41, 5.74) is 0.711. The monoisotopic (exact) mass is 309 g/mol. The number of hydrogen-bond donors (Lipinski definition) is 2. The first-order chi connectivity index (χ1) is 9.94. The normalized spacial score (nSPS) is 13.3. The van der Waals surface area contributed by atoms with Crippen molar-refractivity contribution in [1.82, 2.24) is 15.0 Å². The van der Waals surface area contributed by atoms with Gasteiger partial charge >= 0.3 is 0 Å². The van der Waals surface area contributed by atoms with Crippen LogP contribution in [0.2, 0.25) is 0 Å². The van der Waals surface area contributed by atoms with Gasteiger partial charge in [0.05, 0.1) is 17.1 Å². The third-order valence-electron chi connectivity index (χ3n) is 2.97. The van der Waals surface area contributed by atoms with Crippen molar-refractivity contribution in [1.29, 1.82) is 0 Å². The van der Waals surface area contributed by atoms with Gasteiger partial charge in [-0.05, 0) is 32.5 Å². The number of benzene rings is 1. The van der Waals surface area contributed by atoms with Crippen LogP contribution in [0.15, 0.2) is 39.8 Å². The molecule has 0 aliphatic carbocycles. The quantitative estimate of drug-likeness (QED) is 0.849. The molecule has 1 aromatic heterocycles. The Morgan fingerprint density at radius 1 is 1.33 bits per heavy atom. The molecule has 0 aliphatic rings. The average Bonchev–Trinajstić information content (AvgIpc) is 2.86. The molecule has 0 fully saturated rings. The molecule has 1 aromatic carbocycles. The second-order valence-corrected chi connectivity index (χ2v) is 6.47. The Morgan fingerprint density at radius 2 is 2.05 bits per heavy atom. The van der Waals surface area contributed by atoms with Gasteiger partial charge in [0.2, 0.25) is 15.9 Å². The van der Waals surface area contributed by atoms with Crippen LogP contribution in [-0.4, -0.2) is 20.4 Å². The third kappa shape index (κ3) is 3.69. The van der Waals surface area contributed by atoms with Crippen molar-refractivity contribution in [3.05, 3.63) is 47.7 Å². The summed E-state index contributed by atoms with van der Waals surface area (Å²) in [4.78, 5) is 4.31. The summed E-state index contributed by atoms with van der Waals surface area (Å²) >= 11 is 0. The van der Waals surface area contributed by atoms with Crippen LogP contribution >= 0.6 is 0 Å². The lowest BCUT2D eigenvalue weighted by atomic mass is 10.2. The maximum atomic E-state index is 12.5. The number of rotatable bonds is 6. The molecule has 0 spiro atoms. The van der Waals surface area contributed by atoms with Crippen molar-refractivity contribution < 1.29 is 12.8 Å². The predicted octanol–water partition coefficient (Wildman–Crippen LogP) is 1.74. The van der Waals surface area contributed by atoms with Crippen LogP contribution in [0.5, 0.6) is 0 Å². The van der Waals surface area contributed by atoms with E-state index in [1.165, 1.54) is 0 Å². The minimum atomic E-state index is -3.64. The lowest BCUT2D eigenvalue weighted by molar-refractivity contribution is 0.427. The summed E-state index contributed by atoms with van der Waals surface area (Å²) in [6.07, 6.45) is 1.56. The Kier molecular flexibility index (Phi) is 4.76. The van der Waals surface area contributed by atoms with Crippen LogP contribution in [-0.2, 0) is 16.6 Å². The van der Waals surface area contributed by atoms with E-state index in [9.17, 15) is 8.42 Å². The molecule has 1 heterocycles. The zero-order valence-electron chi connectivity index (χ0n) is 12.3. The lowest BCUT2D eigenvalue weighted by Crippen LogP contribution is -2.28. The summed E-state index contributed by atoms with van der Waals surface area (Å²) in [5, 5.41) is 2.96. The zero-order valence-corrected chi connectivity index (χ0v) is 13.1. The fourth-order valence-electron chi connectivity index (χ4n) is 2.02. The molecular formula is C14H19N3O3S. The second-order valence-electron chi connectivity index (χ2n) is 4.79. The van der Waals surface area contributed by atoms with E-state index in [0.717, 1.165) is 0 Å². The van der Waals surface area contributed by atoms with E-state index in [0.29, 0.717) is 23.8 Å². The van der Waals surface area contributed by atoms with E-state index in [-0.39, 0.29) is 4.90 Å². The molecule has 1 atom stereocenters. The van der Waals surface area contributed by atoms with Gasteiger partial charge in [0, 0.05) is 6.54 Å². The highest BCUT2D eigenvalue weighted by Gasteiger charge is 2.23. The van der Waals surface area contributed by atoms with Crippen LogP contribution < -0.4 is 10.0 Å². The Balaban J connectivity index is 2.26. The molecule has 21 heavy (non-hydrogen) atoms. The van der Waals surface area contributed by atoms with Gasteiger partial charge in [-0.2, -0.15) is 4.72 Å². The summed E-state index contributed by atoms with van der Waals surface area (Å²) in [7, 11) is -1.87. The number of nitrogens with one attached hydrogen (secondary N) is 2. The van der Waals surface area contributed by atoms with Crippen LogP contribution in [0, 0.1) is 6.92 Å². The van der Waals surface area contributed by atoms with Gasteiger partial charge in [0.15, 0.2) is 0 Å². The highest BCUT2D eigenvalue weighted by atomic mass is 32.2. The van der Waals surface area contributed by atoms with E-state index in [1.807, 2.05) is 6.07 Å². The molecule has 1 unspecified atom stereocenters. The van der Waals surface area contributed by atoms with Crippen molar-refractivity contribution >= 4 is 10.0 Å². The summed E-state index contributed by atoms with van der Waals surface area (Å²) in [5.74, 6) is 0.994. The molecule has 0 amide bonds. The smallest absolute Gasteiger partial charge is 0.241 e. The number of aryl methyl sites for hydroxylation is 1. The molecule has 114 valence electrons. The second kappa shape index (κ2) is 6.38. The summed E-state index contributed by atoms with van der Waals surface area (Å²) < 4.78 is 33.0. The van der Waals surface area contributed by atoms with E-state index >= 15 is 0 Å². The topological polar surface area (TPSA) is 84.2 Å². The van der Waals surface area contributed by atoms with Gasteiger partial charge in [-0.1, -0.05) is 18.2 Å². The number of sulfonamides is 1. The molecule has 0 saturated heterocycles. The van der Waals surface area contributed by atoms with E-state index in [1.54, 1.807) is 45.3 Å². The highest BCUT2D eigenvalue weighted by molar-refractivity contribution is 7.89. The highest BCUT2D eigenvalue weighted by Crippen LogP contribution is 2.19. The number of nitrogens with zero attached hydrogens (tertiary/aromatic N) is 1. The van der Waals surface area contributed by atoms with Crippen molar-refractivity contribution in [3.8, 4) is 0 Å². The molecule has 0 bridgehead atoms. The fourth-order valence-corrected chi connectivity index (χ4v) is 3.46. The van der Waals surface area contributed by atoms with E-state index in [2.05, 4.69) is 15.0 Å². The summed E-state index contributed by atoms with van der Waals surface area (Å²) in [6.45, 7) is 3.94. The molecule has 6 nitrogen and oxygen atoms in total. The van der Waals surface area contributed by atoms with E-state index in [4.69, 9.17) is 4.42 Å². The zero-order chi connectivity index (χ0) is 15.5. The largest absolute Gasteiger partial charge is 0.444 e.